The molecule has 5 nitrogen and oxygen atoms in total. The first-order chi connectivity index (χ1) is 7.84. The first kappa shape index (κ1) is 10.2. The van der Waals surface area contributed by atoms with E-state index in [2.05, 4.69) is 10.1 Å². The first-order valence-electron chi connectivity index (χ1n) is 6.09. The smallest absolute Gasteiger partial charge is 0.179 e. The van der Waals surface area contributed by atoms with E-state index < -0.39 is 6.23 Å². The molecule has 0 saturated carbocycles. The van der Waals surface area contributed by atoms with E-state index in [1.165, 1.54) is 6.42 Å². The summed E-state index contributed by atoms with van der Waals surface area (Å²) in [6, 6.07) is 0. The number of aromatic nitrogens is 3. The highest BCUT2D eigenvalue weighted by Gasteiger charge is 2.26. The molecule has 0 aliphatic carbocycles. The maximum Gasteiger partial charge on any atom is 0.179 e. The quantitative estimate of drug-likeness (QED) is 0.780. The van der Waals surface area contributed by atoms with Gasteiger partial charge < -0.3 is 9.84 Å². The summed E-state index contributed by atoms with van der Waals surface area (Å²) in [4.78, 5) is 4.49. The van der Waals surface area contributed by atoms with Crippen molar-refractivity contribution in [2.24, 2.45) is 0 Å². The lowest BCUT2D eigenvalue weighted by Crippen LogP contribution is -2.18. The Balaban J connectivity index is 1.85. The standard InChI is InChI=1S/C11H17N3O2/c15-10-6-3-5-9-12-11(13-14(9)10)8-4-1-2-7-16-8/h8,10,15H,1-7H2. The molecule has 16 heavy (non-hydrogen) atoms. The topological polar surface area (TPSA) is 60.2 Å². The molecule has 0 amide bonds. The van der Waals surface area contributed by atoms with Crippen molar-refractivity contribution in [1.29, 1.82) is 0 Å². The predicted octanol–water partition coefficient (Wildman–Crippen LogP) is 1.35. The number of nitrogens with zero attached hydrogens (tertiary/aromatic N) is 3. The number of rotatable bonds is 1. The minimum Gasteiger partial charge on any atom is -0.372 e. The van der Waals surface area contributed by atoms with Crippen LogP contribution >= 0.6 is 0 Å². The van der Waals surface area contributed by atoms with Gasteiger partial charge in [0.05, 0.1) is 0 Å². The molecule has 2 aliphatic heterocycles. The molecule has 2 unspecified atom stereocenters. The molecule has 0 spiro atoms. The highest BCUT2D eigenvalue weighted by atomic mass is 16.5. The van der Waals surface area contributed by atoms with Gasteiger partial charge in [-0.25, -0.2) is 9.67 Å². The van der Waals surface area contributed by atoms with Crippen LogP contribution in [-0.2, 0) is 11.2 Å². The van der Waals surface area contributed by atoms with Crippen LogP contribution in [-0.4, -0.2) is 26.5 Å². The molecule has 2 atom stereocenters. The van der Waals surface area contributed by atoms with Crippen molar-refractivity contribution < 1.29 is 9.84 Å². The number of aryl methyl sites for hydroxylation is 1. The predicted molar refractivity (Wildman–Crippen MR) is 56.8 cm³/mol. The summed E-state index contributed by atoms with van der Waals surface area (Å²) >= 11 is 0. The number of hydrogen-bond acceptors (Lipinski definition) is 4. The Bertz CT molecular complexity index is 371. The fourth-order valence-corrected chi connectivity index (χ4v) is 2.43. The van der Waals surface area contributed by atoms with Crippen LogP contribution in [0.4, 0.5) is 0 Å². The highest BCUT2D eigenvalue weighted by Crippen LogP contribution is 2.28. The fourth-order valence-electron chi connectivity index (χ4n) is 2.43. The molecule has 0 bridgehead atoms. The van der Waals surface area contributed by atoms with Gasteiger partial charge in [0.15, 0.2) is 5.82 Å². The second-order valence-corrected chi connectivity index (χ2v) is 4.56. The largest absolute Gasteiger partial charge is 0.372 e. The molecule has 2 aliphatic rings. The molecular formula is C11H17N3O2. The average molecular weight is 223 g/mol. The molecular weight excluding hydrogens is 206 g/mol. The Kier molecular flexibility index (Phi) is 2.65. The summed E-state index contributed by atoms with van der Waals surface area (Å²) in [6.45, 7) is 0.803. The van der Waals surface area contributed by atoms with E-state index in [1.807, 2.05) is 0 Å². The van der Waals surface area contributed by atoms with Crippen molar-refractivity contribution in [3.05, 3.63) is 11.6 Å². The molecule has 1 N–H and O–H groups in total. The SMILES string of the molecule is OC1CCCc2nc(C3CCCCO3)nn21. The van der Waals surface area contributed by atoms with Crippen molar-refractivity contribution in [2.45, 2.75) is 50.9 Å². The summed E-state index contributed by atoms with van der Waals surface area (Å²) in [7, 11) is 0. The van der Waals surface area contributed by atoms with E-state index in [-0.39, 0.29) is 6.10 Å². The van der Waals surface area contributed by atoms with E-state index >= 15 is 0 Å². The van der Waals surface area contributed by atoms with E-state index in [0.717, 1.165) is 50.4 Å². The van der Waals surface area contributed by atoms with Crippen LogP contribution in [0.2, 0.25) is 0 Å². The zero-order valence-electron chi connectivity index (χ0n) is 9.30. The van der Waals surface area contributed by atoms with Crippen LogP contribution < -0.4 is 0 Å². The maximum absolute atomic E-state index is 9.79. The molecule has 1 aromatic heterocycles. The third-order valence-corrected chi connectivity index (χ3v) is 3.33. The van der Waals surface area contributed by atoms with Gasteiger partial charge in [-0.2, -0.15) is 5.10 Å². The van der Waals surface area contributed by atoms with Crippen LogP contribution in [0.15, 0.2) is 0 Å². The summed E-state index contributed by atoms with van der Waals surface area (Å²) in [5, 5.41) is 14.2. The summed E-state index contributed by atoms with van der Waals surface area (Å²) in [6.07, 6.45) is 5.54. The van der Waals surface area contributed by atoms with Gasteiger partial charge in [0.25, 0.3) is 0 Å². The molecule has 0 aromatic carbocycles. The lowest BCUT2D eigenvalue weighted by molar-refractivity contribution is 0.00794. The molecule has 1 fully saturated rings. The van der Waals surface area contributed by atoms with Crippen LogP contribution in [0, 0.1) is 0 Å². The van der Waals surface area contributed by atoms with Gasteiger partial charge in [0, 0.05) is 13.0 Å². The molecule has 1 saturated heterocycles. The fraction of sp³-hybridized carbons (Fsp3) is 0.818. The molecule has 0 radical (unpaired) electrons. The number of fused-ring (bicyclic) bond motifs is 1. The van der Waals surface area contributed by atoms with Gasteiger partial charge in [0.2, 0.25) is 0 Å². The van der Waals surface area contributed by atoms with Crippen molar-refractivity contribution in [2.75, 3.05) is 6.61 Å². The van der Waals surface area contributed by atoms with Crippen molar-refractivity contribution in [1.82, 2.24) is 14.8 Å². The Morgan fingerprint density at radius 3 is 2.94 bits per heavy atom. The van der Waals surface area contributed by atoms with Crippen molar-refractivity contribution >= 4 is 0 Å². The van der Waals surface area contributed by atoms with E-state index in [9.17, 15) is 5.11 Å². The van der Waals surface area contributed by atoms with Crippen molar-refractivity contribution in [3.63, 3.8) is 0 Å². The summed E-state index contributed by atoms with van der Waals surface area (Å²) in [5.74, 6) is 1.67. The second-order valence-electron chi connectivity index (χ2n) is 4.56. The lowest BCUT2D eigenvalue weighted by atomic mass is 10.1. The van der Waals surface area contributed by atoms with Gasteiger partial charge in [-0.05, 0) is 32.1 Å². The third-order valence-electron chi connectivity index (χ3n) is 3.33. The summed E-state index contributed by atoms with van der Waals surface area (Å²) in [5.41, 5.74) is 0. The molecule has 88 valence electrons. The van der Waals surface area contributed by atoms with Gasteiger partial charge in [-0.3, -0.25) is 0 Å². The molecule has 1 aromatic rings. The Morgan fingerprint density at radius 2 is 2.19 bits per heavy atom. The number of aliphatic hydroxyl groups is 1. The van der Waals surface area contributed by atoms with E-state index in [1.54, 1.807) is 4.68 Å². The minimum absolute atomic E-state index is 0.0408. The second kappa shape index (κ2) is 4.14. The van der Waals surface area contributed by atoms with Gasteiger partial charge in [-0.15, -0.1) is 0 Å². The molecule has 5 heteroatoms. The van der Waals surface area contributed by atoms with E-state index in [0.29, 0.717) is 0 Å². The van der Waals surface area contributed by atoms with Crippen LogP contribution in [0.25, 0.3) is 0 Å². The summed E-state index contributed by atoms with van der Waals surface area (Å²) < 4.78 is 7.32. The highest BCUT2D eigenvalue weighted by molar-refractivity contribution is 5.00. The average Bonchev–Trinajstić information content (AvgIpc) is 2.76. The number of aliphatic hydroxyl groups excluding tert-OH is 1. The van der Waals surface area contributed by atoms with Gasteiger partial charge in [0.1, 0.15) is 18.2 Å². The Hall–Kier alpha value is -0.940. The monoisotopic (exact) mass is 223 g/mol. The Labute approximate surface area is 94.4 Å². The number of hydrogen-bond donors (Lipinski definition) is 1. The van der Waals surface area contributed by atoms with E-state index in [4.69, 9.17) is 4.74 Å². The maximum atomic E-state index is 9.79. The first-order valence-corrected chi connectivity index (χ1v) is 6.09. The number of ether oxygens (including phenoxy) is 1. The van der Waals surface area contributed by atoms with Crippen LogP contribution in [0.3, 0.4) is 0 Å². The zero-order chi connectivity index (χ0) is 11.0. The normalized spacial score (nSPS) is 30.1. The minimum atomic E-state index is -0.492. The lowest BCUT2D eigenvalue weighted by Gasteiger charge is -2.19. The molecule has 3 rings (SSSR count). The molecule has 3 heterocycles. The van der Waals surface area contributed by atoms with Gasteiger partial charge in [-0.1, -0.05) is 0 Å². The zero-order valence-corrected chi connectivity index (χ0v) is 9.30. The van der Waals surface area contributed by atoms with Crippen molar-refractivity contribution in [3.8, 4) is 0 Å². The van der Waals surface area contributed by atoms with Gasteiger partial charge >= 0.3 is 0 Å². The Morgan fingerprint density at radius 1 is 1.25 bits per heavy atom. The van der Waals surface area contributed by atoms with Crippen LogP contribution in [0.1, 0.15) is 56.1 Å². The van der Waals surface area contributed by atoms with Crippen LogP contribution in [0.5, 0.6) is 0 Å². The third kappa shape index (κ3) is 1.74.